The number of carboxylic acid groups (broad SMARTS) is 1. The van der Waals surface area contributed by atoms with Crippen LogP contribution >= 0.6 is 11.6 Å². The van der Waals surface area contributed by atoms with Gasteiger partial charge in [0.1, 0.15) is 42.7 Å². The lowest BCUT2D eigenvalue weighted by atomic mass is 9.92. The van der Waals surface area contributed by atoms with Gasteiger partial charge in [0.15, 0.2) is 6.10 Å². The van der Waals surface area contributed by atoms with E-state index in [1.165, 1.54) is 20.1 Å². The molecule has 2 aliphatic heterocycles. The Balaban J connectivity index is 1.000. The maximum Gasteiger partial charge on any atom is 0.407 e. The number of halogens is 1. The number of carboxylic acids is 1. The zero-order valence-electron chi connectivity index (χ0n) is 65.5. The Kier molecular flexibility index (Phi) is 40.6. The minimum atomic E-state index is -4.16. The molecule has 1 saturated heterocycles. The number of aryl methyl sites for hydroxylation is 1. The molecule has 10 N–H and O–H groups in total. The summed E-state index contributed by atoms with van der Waals surface area (Å²) in [7, 11) is -2.66. The molecule has 2 aliphatic rings. The van der Waals surface area contributed by atoms with E-state index in [0.29, 0.717) is 28.4 Å². The summed E-state index contributed by atoms with van der Waals surface area (Å²) in [6.07, 6.45) is -1.23. The lowest BCUT2D eigenvalue weighted by molar-refractivity contribution is -0.179. The number of aliphatic carboxylic acids is 1. The molecule has 0 saturated carbocycles. The molecule has 626 valence electrons. The topological polar surface area (TPSA) is 465 Å². The van der Waals surface area contributed by atoms with Crippen molar-refractivity contribution < 1.29 is 118 Å². The average Bonchev–Trinajstić information content (AvgIpc) is 1.63. The maximum absolute atomic E-state index is 14.0. The van der Waals surface area contributed by atoms with Gasteiger partial charge in [-0.15, -0.1) is 0 Å². The number of alkyl carbamates (subject to hydrolysis) is 1. The molecule has 113 heavy (non-hydrogen) atoms. The third-order valence-electron chi connectivity index (χ3n) is 17.9. The van der Waals surface area contributed by atoms with Crippen molar-refractivity contribution in [2.24, 2.45) is 23.2 Å². The molecule has 8 atom stereocenters. The van der Waals surface area contributed by atoms with Crippen molar-refractivity contribution in [2.45, 2.75) is 169 Å². The summed E-state index contributed by atoms with van der Waals surface area (Å²) in [6, 6.07) is 15.8. The van der Waals surface area contributed by atoms with Crippen LogP contribution in [0.25, 0.3) is 0 Å². The molecular weight excluding hydrogens is 1520 g/mol. The molecule has 36 heteroatoms. The first kappa shape index (κ1) is 94.2. The lowest BCUT2D eigenvalue weighted by Crippen LogP contribution is -2.54. The first-order chi connectivity index (χ1) is 53.6. The Morgan fingerprint density at radius 2 is 1.33 bits per heavy atom. The van der Waals surface area contributed by atoms with Crippen LogP contribution in [0, 0.1) is 23.2 Å². The van der Waals surface area contributed by atoms with Crippen LogP contribution < -0.4 is 47.3 Å². The molecule has 3 aromatic rings. The fourth-order valence-corrected chi connectivity index (χ4v) is 11.8. The number of carbonyl (C=O) groups is 12. The number of cyclic esters (lactones) is 2. The molecule has 1 fully saturated rings. The number of amides is 9. The number of hydrogen-bond donors (Lipinski definition) is 10. The summed E-state index contributed by atoms with van der Waals surface area (Å²) in [5, 5.41) is 31.0. The monoisotopic (exact) mass is 1630 g/mol. The predicted octanol–water partition coefficient (Wildman–Crippen LogP) is 4.57. The van der Waals surface area contributed by atoms with E-state index in [2.05, 4.69) is 42.5 Å². The Hall–Kier alpha value is -9.36. The van der Waals surface area contributed by atoms with E-state index in [1.54, 1.807) is 70.2 Å². The summed E-state index contributed by atoms with van der Waals surface area (Å²) in [4.78, 5) is 158. The molecule has 0 radical (unpaired) electrons. The van der Waals surface area contributed by atoms with Gasteiger partial charge in [-0.25, -0.2) is 9.59 Å². The van der Waals surface area contributed by atoms with Gasteiger partial charge in [0.25, 0.3) is 10.1 Å². The van der Waals surface area contributed by atoms with Crippen molar-refractivity contribution in [3.63, 3.8) is 0 Å². The highest BCUT2D eigenvalue weighted by Gasteiger charge is 2.48. The third-order valence-corrected chi connectivity index (χ3v) is 18.9. The Morgan fingerprint density at radius 3 is 1.96 bits per heavy atom. The summed E-state index contributed by atoms with van der Waals surface area (Å²) >= 11 is 6.37. The fraction of sp³-hybridized carbons (Fsp3) is 0.584. The second-order valence-electron chi connectivity index (χ2n) is 28.5. The Labute approximate surface area is 663 Å². The Morgan fingerprint density at radius 1 is 0.708 bits per heavy atom. The number of nitrogens with zero attached hydrogens (tertiary/aromatic N) is 1. The summed E-state index contributed by atoms with van der Waals surface area (Å²) in [5.41, 5.74) is 2.04. The van der Waals surface area contributed by atoms with Gasteiger partial charge in [0.2, 0.25) is 47.3 Å². The minimum Gasteiger partial charge on any atom is -0.495 e. The van der Waals surface area contributed by atoms with E-state index in [4.69, 9.17) is 58.8 Å². The normalized spacial score (nSPS) is 18.3. The largest absolute Gasteiger partial charge is 0.495 e. The van der Waals surface area contributed by atoms with Crippen LogP contribution in [-0.4, -0.2) is 229 Å². The molecule has 0 aliphatic carbocycles. The summed E-state index contributed by atoms with van der Waals surface area (Å²) < 4.78 is 80.6. The van der Waals surface area contributed by atoms with Gasteiger partial charge < -0.3 is 95.2 Å². The second-order valence-corrected chi connectivity index (χ2v) is 30.5. The fourth-order valence-electron chi connectivity index (χ4n) is 11.2. The zero-order valence-corrected chi connectivity index (χ0v) is 67.0. The van der Waals surface area contributed by atoms with Crippen LogP contribution in [0.1, 0.15) is 135 Å². The molecule has 0 aromatic heterocycles. The van der Waals surface area contributed by atoms with Gasteiger partial charge in [0, 0.05) is 83.0 Å². The van der Waals surface area contributed by atoms with E-state index < -0.39 is 153 Å². The van der Waals surface area contributed by atoms with Crippen LogP contribution in [0.3, 0.4) is 0 Å². The molecule has 0 spiro atoms. The number of ether oxygens (including phenoxy) is 9. The van der Waals surface area contributed by atoms with Crippen LogP contribution in [0.2, 0.25) is 5.02 Å². The smallest absolute Gasteiger partial charge is 0.407 e. The number of nitrogens with one attached hydrogen (secondary N) is 8. The quantitative estimate of drug-likeness (QED) is 0.0122. The molecule has 34 nitrogen and oxygen atoms in total. The van der Waals surface area contributed by atoms with Gasteiger partial charge in [-0.2, -0.15) is 8.42 Å². The maximum atomic E-state index is 14.0. The predicted molar refractivity (Wildman–Crippen MR) is 411 cm³/mol. The standard InChI is InChI=1S/C77H110ClN9O25S/c1-48(2)43-61-74(98)110-59(11-10-12-64(90)85-58(72(96)82-47-77(7,8)75(99)111-61)23-17-52-18-24-60(104-9)57(78)44-52)50(5)69-70(112-69)55-19-13-53(14-20-55)45-81-76(100)109-46-54-15-21-56(22-16-54)84-71(95)51(6)83-73(97)68(49(3)4)86-65(91)27-32-87(33-28-67(93)94)66(92)26-25-62(88)79-30-35-106-37-39-108-41-40-107-38-36-105-34-29-63(89)80-31-42-113(101,102)103/h10,12-16,18-22,24,44,48-51,58-59,61,68-70H,11,17,23,25-43,45-47H2,1-9H3,(H,79,88)(H,80,89)(H,81,100)(H,82,96)(H,83,97)(H,84,95)(H,85,90)(H,86,91)(H,93,94)(H,101,102,103)/b12-10+/t50-,51-,58?,59?,61-,68-,69+,70+/m0/s1. The molecule has 9 amide bonds. The first-order valence-corrected chi connectivity index (χ1v) is 39.5. The van der Waals surface area contributed by atoms with E-state index >= 15 is 0 Å². The number of methoxy groups -OCH3 is 1. The number of hydrogen-bond acceptors (Lipinski definition) is 23. The van der Waals surface area contributed by atoms with E-state index in [1.807, 2.05) is 51.1 Å². The molecule has 2 heterocycles. The molecule has 0 bridgehead atoms. The van der Waals surface area contributed by atoms with Gasteiger partial charge >= 0.3 is 24.0 Å². The summed E-state index contributed by atoms with van der Waals surface area (Å²) in [5.74, 6) is -8.16. The van der Waals surface area contributed by atoms with Gasteiger partial charge in [-0.05, 0) is 104 Å². The number of carbonyl (C=O) groups excluding carboxylic acids is 11. The van der Waals surface area contributed by atoms with Crippen LogP contribution in [0.4, 0.5) is 10.5 Å². The highest BCUT2D eigenvalue weighted by molar-refractivity contribution is 7.85. The van der Waals surface area contributed by atoms with Crippen LogP contribution in [-0.2, 0) is 120 Å². The summed E-state index contributed by atoms with van der Waals surface area (Å²) in [6.45, 7) is 14.6. The van der Waals surface area contributed by atoms with E-state index in [0.717, 1.165) is 21.6 Å². The second kappa shape index (κ2) is 48.6. The average molecular weight is 1630 g/mol. The number of benzene rings is 3. The highest BCUT2D eigenvalue weighted by Crippen LogP contribution is 2.45. The van der Waals surface area contributed by atoms with Crippen LogP contribution in [0.15, 0.2) is 78.9 Å². The van der Waals surface area contributed by atoms with E-state index in [-0.39, 0.29) is 150 Å². The highest BCUT2D eigenvalue weighted by atomic mass is 35.5. The molecule has 2 unspecified atom stereocenters. The van der Waals surface area contributed by atoms with Crippen molar-refractivity contribution in [2.75, 3.05) is 104 Å². The lowest BCUT2D eigenvalue weighted by Gasteiger charge is -2.29. The SMILES string of the molecule is COc1ccc(CCC2NC(=O)/C=C/CC([C@H](C)[C@H]3O[C@@H]3c3ccc(CNC(=O)OCc4ccc(NC(=O)[C@H](C)NC(=O)[C@@H](NC(=O)CCN(CCC(=O)O)C(=O)CCC(=O)NCCOCCOCCOCCOCCC(=O)NCCS(=O)(=O)O)C(C)C)cc4)cc3)OC(=O)[C@H](CC(C)C)OC(=O)C(C)(C)CNC2=O)cc1Cl. The first-order valence-electron chi connectivity index (χ1n) is 37.5. The third kappa shape index (κ3) is 36.6. The molecular formula is C77H110ClN9O25S. The van der Waals surface area contributed by atoms with Crippen molar-refractivity contribution in [1.82, 2.24) is 42.1 Å². The number of anilines is 1. The molecule has 5 rings (SSSR count). The van der Waals surface area contributed by atoms with Gasteiger partial charge in [-0.1, -0.05) is 94.8 Å². The number of epoxide rings is 1. The molecule has 3 aromatic carbocycles. The van der Waals surface area contributed by atoms with Crippen molar-refractivity contribution in [3.8, 4) is 5.75 Å². The zero-order chi connectivity index (χ0) is 83.2. The number of rotatable bonds is 46. The van der Waals surface area contributed by atoms with Crippen LogP contribution in [0.5, 0.6) is 5.75 Å². The van der Waals surface area contributed by atoms with Crippen molar-refractivity contribution >= 4 is 98.7 Å². The van der Waals surface area contributed by atoms with Crippen molar-refractivity contribution in [3.05, 3.63) is 106 Å². The number of esters is 2. The van der Waals surface area contributed by atoms with Gasteiger partial charge in [0.05, 0.1) is 88.7 Å². The van der Waals surface area contributed by atoms with E-state index in [9.17, 15) is 71.1 Å². The van der Waals surface area contributed by atoms with Crippen molar-refractivity contribution in [1.29, 1.82) is 0 Å². The Bertz CT molecular complexity index is 3790. The van der Waals surface area contributed by atoms with Gasteiger partial charge in [-0.3, -0.25) is 52.5 Å². The minimum absolute atomic E-state index is 0.00884.